The van der Waals surface area contributed by atoms with E-state index in [0.717, 1.165) is 12.2 Å². The summed E-state index contributed by atoms with van der Waals surface area (Å²) in [6.45, 7) is 6.72. The normalized spacial score (nSPS) is 17.1. The molecule has 4 nitrogen and oxygen atoms in total. The summed E-state index contributed by atoms with van der Waals surface area (Å²) < 4.78 is 36.7. The molecule has 2 aromatic rings. The number of epoxide rings is 1. The molecule has 1 aliphatic heterocycles. The largest absolute Gasteiger partial charge is 0.491 e. The van der Waals surface area contributed by atoms with Gasteiger partial charge in [-0.05, 0) is 61.7 Å². The molecule has 3 rings (SSSR count). The molecule has 0 radical (unpaired) electrons. The van der Waals surface area contributed by atoms with Crippen molar-refractivity contribution in [2.24, 2.45) is 0 Å². The number of aryl methyl sites for hydroxylation is 3. The van der Waals surface area contributed by atoms with Crippen LogP contribution in [-0.2, 0) is 14.6 Å². The van der Waals surface area contributed by atoms with Crippen LogP contribution in [0.1, 0.15) is 16.7 Å². The zero-order valence-electron chi connectivity index (χ0n) is 13.5. The van der Waals surface area contributed by atoms with E-state index in [1.165, 1.54) is 0 Å². The van der Waals surface area contributed by atoms with Crippen molar-refractivity contribution in [3.05, 3.63) is 53.1 Å². The van der Waals surface area contributed by atoms with E-state index in [9.17, 15) is 8.42 Å². The highest BCUT2D eigenvalue weighted by Crippen LogP contribution is 2.31. The Bertz CT molecular complexity index is 813. The van der Waals surface area contributed by atoms with Gasteiger partial charge in [-0.15, -0.1) is 0 Å². The Morgan fingerprint density at radius 2 is 1.78 bits per heavy atom. The maximum Gasteiger partial charge on any atom is 0.207 e. The quantitative estimate of drug-likeness (QED) is 0.789. The Morgan fingerprint density at radius 3 is 2.35 bits per heavy atom. The van der Waals surface area contributed by atoms with Crippen molar-refractivity contribution >= 4 is 9.84 Å². The molecule has 1 unspecified atom stereocenters. The highest BCUT2D eigenvalue weighted by Gasteiger charge is 2.25. The molecular formula is C18H20O4S. The Labute approximate surface area is 137 Å². The van der Waals surface area contributed by atoms with Crippen molar-refractivity contribution in [2.45, 2.75) is 36.7 Å². The molecule has 122 valence electrons. The van der Waals surface area contributed by atoms with Gasteiger partial charge in [-0.2, -0.15) is 0 Å². The first-order chi connectivity index (χ1) is 10.9. The van der Waals surface area contributed by atoms with Crippen molar-refractivity contribution < 1.29 is 17.9 Å². The van der Waals surface area contributed by atoms with Crippen molar-refractivity contribution in [2.75, 3.05) is 13.2 Å². The molecule has 1 atom stereocenters. The Kier molecular flexibility index (Phi) is 4.17. The summed E-state index contributed by atoms with van der Waals surface area (Å²) in [7, 11) is -3.54. The molecule has 0 bridgehead atoms. The lowest BCUT2D eigenvalue weighted by molar-refractivity contribution is 0.262. The number of rotatable bonds is 5. The fourth-order valence-corrected chi connectivity index (χ4v) is 4.47. The van der Waals surface area contributed by atoms with Crippen molar-refractivity contribution in [1.82, 2.24) is 0 Å². The van der Waals surface area contributed by atoms with Crippen LogP contribution in [0.25, 0.3) is 0 Å². The first-order valence-corrected chi connectivity index (χ1v) is 9.03. The summed E-state index contributed by atoms with van der Waals surface area (Å²) in [4.78, 5) is 0.682. The van der Waals surface area contributed by atoms with Gasteiger partial charge in [0.15, 0.2) is 0 Å². The molecule has 23 heavy (non-hydrogen) atoms. The van der Waals surface area contributed by atoms with Gasteiger partial charge in [-0.1, -0.05) is 12.1 Å². The molecule has 0 saturated carbocycles. The average Bonchev–Trinajstić information content (AvgIpc) is 3.28. The second-order valence-electron chi connectivity index (χ2n) is 5.97. The van der Waals surface area contributed by atoms with Gasteiger partial charge in [0.2, 0.25) is 9.84 Å². The SMILES string of the molecule is Cc1cccc(S(=O)(=O)c2c(C)cc(OCC3CO3)cc2C)c1. The minimum Gasteiger partial charge on any atom is -0.491 e. The lowest BCUT2D eigenvalue weighted by atomic mass is 10.1. The molecule has 5 heteroatoms. The summed E-state index contributed by atoms with van der Waals surface area (Å²) in [6, 6.07) is 10.5. The maximum absolute atomic E-state index is 13.0. The first kappa shape index (κ1) is 16.0. The molecule has 0 amide bonds. The van der Waals surface area contributed by atoms with E-state index in [1.807, 2.05) is 13.0 Å². The summed E-state index contributed by atoms with van der Waals surface area (Å²) in [5.74, 6) is 0.679. The van der Waals surface area contributed by atoms with Crippen LogP contribution in [0.3, 0.4) is 0 Å². The highest BCUT2D eigenvalue weighted by atomic mass is 32.2. The van der Waals surface area contributed by atoms with E-state index in [1.54, 1.807) is 44.2 Å². The summed E-state index contributed by atoms with van der Waals surface area (Å²) in [5.41, 5.74) is 2.31. The van der Waals surface area contributed by atoms with E-state index in [2.05, 4.69) is 0 Å². The van der Waals surface area contributed by atoms with E-state index < -0.39 is 9.84 Å². The third kappa shape index (κ3) is 3.41. The fourth-order valence-electron chi connectivity index (χ4n) is 2.67. The van der Waals surface area contributed by atoms with Gasteiger partial charge in [-0.25, -0.2) is 8.42 Å². The van der Waals surface area contributed by atoms with Crippen LogP contribution in [0, 0.1) is 20.8 Å². The number of sulfone groups is 1. The molecule has 2 aromatic carbocycles. The molecular weight excluding hydrogens is 312 g/mol. The second kappa shape index (κ2) is 5.98. The first-order valence-electron chi connectivity index (χ1n) is 7.55. The fraction of sp³-hybridized carbons (Fsp3) is 0.333. The monoisotopic (exact) mass is 332 g/mol. The standard InChI is InChI=1S/C18H20O4S/c1-12-5-4-6-17(7-12)23(19,20)18-13(2)8-15(9-14(18)3)21-10-16-11-22-16/h4-9,16H,10-11H2,1-3H3. The van der Waals surface area contributed by atoms with Gasteiger partial charge in [0, 0.05) is 0 Å². The minimum absolute atomic E-state index is 0.173. The summed E-state index contributed by atoms with van der Waals surface area (Å²) >= 11 is 0. The Hall–Kier alpha value is -1.85. The Morgan fingerprint density at radius 1 is 1.13 bits per heavy atom. The molecule has 1 saturated heterocycles. The number of benzene rings is 2. The third-order valence-electron chi connectivity index (χ3n) is 3.84. The molecule has 1 heterocycles. The molecule has 0 spiro atoms. The maximum atomic E-state index is 13.0. The van der Waals surface area contributed by atoms with Crippen LogP contribution in [0.15, 0.2) is 46.2 Å². The van der Waals surface area contributed by atoms with E-state index >= 15 is 0 Å². The van der Waals surface area contributed by atoms with Gasteiger partial charge < -0.3 is 9.47 Å². The van der Waals surface area contributed by atoms with Crippen molar-refractivity contribution in [3.8, 4) is 5.75 Å². The average molecular weight is 332 g/mol. The van der Waals surface area contributed by atoms with Crippen LogP contribution >= 0.6 is 0 Å². The van der Waals surface area contributed by atoms with Gasteiger partial charge in [-0.3, -0.25) is 0 Å². The third-order valence-corrected chi connectivity index (χ3v) is 5.90. The molecule has 0 aliphatic carbocycles. The van der Waals surface area contributed by atoms with Gasteiger partial charge >= 0.3 is 0 Å². The predicted octanol–water partition coefficient (Wildman–Crippen LogP) is 3.22. The second-order valence-corrected chi connectivity index (χ2v) is 7.86. The minimum atomic E-state index is -3.54. The zero-order chi connectivity index (χ0) is 16.6. The van der Waals surface area contributed by atoms with Crippen molar-refractivity contribution in [3.63, 3.8) is 0 Å². The number of hydrogen-bond donors (Lipinski definition) is 0. The molecule has 1 aliphatic rings. The summed E-state index contributed by atoms with van der Waals surface area (Å²) in [5, 5.41) is 0. The van der Waals surface area contributed by atoms with Crippen LogP contribution in [0.5, 0.6) is 5.75 Å². The lowest BCUT2D eigenvalue weighted by Crippen LogP contribution is -2.09. The Balaban J connectivity index is 1.98. The van der Waals surface area contributed by atoms with Gasteiger partial charge in [0.1, 0.15) is 18.5 Å². The number of hydrogen-bond acceptors (Lipinski definition) is 4. The smallest absolute Gasteiger partial charge is 0.207 e. The molecule has 0 N–H and O–H groups in total. The van der Waals surface area contributed by atoms with Crippen LogP contribution < -0.4 is 4.74 Å². The lowest BCUT2D eigenvalue weighted by Gasteiger charge is -2.14. The zero-order valence-corrected chi connectivity index (χ0v) is 14.3. The van der Waals surface area contributed by atoms with E-state index in [-0.39, 0.29) is 6.10 Å². The molecule has 1 fully saturated rings. The molecule has 0 aromatic heterocycles. The summed E-state index contributed by atoms with van der Waals surface area (Å²) in [6.07, 6.45) is 0.173. The predicted molar refractivity (Wildman–Crippen MR) is 87.8 cm³/mol. The van der Waals surface area contributed by atoms with Gasteiger partial charge in [0.25, 0.3) is 0 Å². The topological polar surface area (TPSA) is 55.9 Å². The van der Waals surface area contributed by atoms with Crippen LogP contribution in [0.2, 0.25) is 0 Å². The van der Waals surface area contributed by atoms with Crippen molar-refractivity contribution in [1.29, 1.82) is 0 Å². The van der Waals surface area contributed by atoms with Crippen LogP contribution in [-0.4, -0.2) is 27.7 Å². The highest BCUT2D eigenvalue weighted by molar-refractivity contribution is 7.91. The van der Waals surface area contributed by atoms with Crippen LogP contribution in [0.4, 0.5) is 0 Å². The van der Waals surface area contributed by atoms with E-state index in [4.69, 9.17) is 9.47 Å². The van der Waals surface area contributed by atoms with Gasteiger partial charge in [0.05, 0.1) is 16.4 Å². The van der Waals surface area contributed by atoms with E-state index in [0.29, 0.717) is 33.3 Å². The number of ether oxygens (including phenoxy) is 2.